The highest BCUT2D eigenvalue weighted by molar-refractivity contribution is 5.70. The molecule has 0 aromatic heterocycles. The summed E-state index contributed by atoms with van der Waals surface area (Å²) in [6.45, 7) is 2.06. The Morgan fingerprint density at radius 2 is 2.00 bits per heavy atom. The van der Waals surface area contributed by atoms with Crippen LogP contribution in [0.5, 0.6) is 5.75 Å². The normalized spacial score (nSPS) is 10.1. The van der Waals surface area contributed by atoms with Crippen LogP contribution in [-0.2, 0) is 0 Å². The monoisotopic (exact) mass is 212 g/mol. The van der Waals surface area contributed by atoms with Crippen LogP contribution < -0.4 is 10.5 Å². The molecule has 81 valence electrons. The second kappa shape index (κ2) is 4.27. The Hall–Kier alpha value is -1.96. The van der Waals surface area contributed by atoms with E-state index in [1.54, 1.807) is 7.11 Å². The predicted molar refractivity (Wildman–Crippen MR) is 66.4 cm³/mol. The predicted octanol–water partition coefficient (Wildman–Crippen LogP) is 3.05. The maximum atomic E-state index is 5.87. The second-order valence-corrected chi connectivity index (χ2v) is 3.74. The molecule has 16 heavy (non-hydrogen) atoms. The highest BCUT2D eigenvalue weighted by Gasteiger charge is 2.02. The molecule has 0 saturated heterocycles. The molecule has 0 aliphatic heterocycles. The molecule has 2 N–H and O–H groups in total. The van der Waals surface area contributed by atoms with Gasteiger partial charge in [0.25, 0.3) is 0 Å². The van der Waals surface area contributed by atoms with E-state index in [0.29, 0.717) is 11.4 Å². The zero-order valence-electron chi connectivity index (χ0n) is 9.45. The van der Waals surface area contributed by atoms with Crippen molar-refractivity contribution in [2.24, 2.45) is 0 Å². The Kier molecular flexibility index (Phi) is 2.82. The highest BCUT2D eigenvalue weighted by Crippen LogP contribution is 2.28. The Labute approximate surface area is 95.7 Å². The van der Waals surface area contributed by atoms with Gasteiger partial charge >= 0.3 is 0 Å². The molecular formula is C14H14NO. The molecular weight excluding hydrogens is 198 g/mol. The maximum Gasteiger partial charge on any atom is 0.141 e. The van der Waals surface area contributed by atoms with Crippen LogP contribution in [0.15, 0.2) is 36.4 Å². The van der Waals surface area contributed by atoms with Crippen molar-refractivity contribution in [1.82, 2.24) is 0 Å². The smallest absolute Gasteiger partial charge is 0.141 e. The third-order valence-electron chi connectivity index (χ3n) is 2.50. The van der Waals surface area contributed by atoms with Gasteiger partial charge in [-0.15, -0.1) is 0 Å². The van der Waals surface area contributed by atoms with E-state index in [0.717, 1.165) is 11.1 Å². The summed E-state index contributed by atoms with van der Waals surface area (Å²) in [4.78, 5) is 0. The zero-order valence-corrected chi connectivity index (χ0v) is 9.45. The van der Waals surface area contributed by atoms with Crippen molar-refractivity contribution in [3.05, 3.63) is 48.0 Å². The van der Waals surface area contributed by atoms with Crippen molar-refractivity contribution in [3.63, 3.8) is 0 Å². The Balaban J connectivity index is 2.45. The largest absolute Gasteiger partial charge is 0.495 e. The first-order valence-corrected chi connectivity index (χ1v) is 5.13. The average Bonchev–Trinajstić information content (AvgIpc) is 2.29. The van der Waals surface area contributed by atoms with Crippen molar-refractivity contribution < 1.29 is 4.74 Å². The molecule has 0 fully saturated rings. The van der Waals surface area contributed by atoms with Crippen LogP contribution in [0.2, 0.25) is 0 Å². The quantitative estimate of drug-likeness (QED) is 0.776. The van der Waals surface area contributed by atoms with E-state index in [1.807, 2.05) is 30.3 Å². The standard InChI is InChI=1S/C14H14NO/c1-10-4-3-5-11(8-10)12-6-7-14(16-2)13(15)9-12/h3-4,6-9H,15H2,1-2H3. The molecule has 2 aromatic carbocycles. The molecule has 2 aromatic rings. The van der Waals surface area contributed by atoms with E-state index in [2.05, 4.69) is 19.1 Å². The molecule has 0 bridgehead atoms. The first-order chi connectivity index (χ1) is 7.70. The van der Waals surface area contributed by atoms with Crippen molar-refractivity contribution in [3.8, 4) is 16.9 Å². The topological polar surface area (TPSA) is 35.2 Å². The molecule has 0 atom stereocenters. The van der Waals surface area contributed by atoms with Crippen molar-refractivity contribution in [2.75, 3.05) is 12.8 Å². The van der Waals surface area contributed by atoms with Gasteiger partial charge in [0.05, 0.1) is 12.8 Å². The number of aryl methyl sites for hydroxylation is 1. The third kappa shape index (κ3) is 2.01. The summed E-state index contributed by atoms with van der Waals surface area (Å²) in [6, 6.07) is 15.0. The fourth-order valence-corrected chi connectivity index (χ4v) is 1.65. The number of methoxy groups -OCH3 is 1. The number of anilines is 1. The van der Waals surface area contributed by atoms with Crippen LogP contribution in [-0.4, -0.2) is 7.11 Å². The number of ether oxygens (including phenoxy) is 1. The number of hydrogen-bond donors (Lipinski definition) is 1. The van der Waals surface area contributed by atoms with Crippen LogP contribution in [0.4, 0.5) is 5.69 Å². The van der Waals surface area contributed by atoms with Crippen LogP contribution >= 0.6 is 0 Å². The Bertz CT molecular complexity index is 506. The van der Waals surface area contributed by atoms with Gasteiger partial charge in [-0.3, -0.25) is 0 Å². The number of nitrogen functional groups attached to an aromatic ring is 1. The average molecular weight is 212 g/mol. The summed E-state index contributed by atoms with van der Waals surface area (Å²) in [6.07, 6.45) is 0. The molecule has 0 aliphatic rings. The summed E-state index contributed by atoms with van der Waals surface area (Å²) in [5.41, 5.74) is 9.84. The number of benzene rings is 2. The zero-order chi connectivity index (χ0) is 11.5. The molecule has 0 aliphatic carbocycles. The molecule has 0 amide bonds. The fourth-order valence-electron chi connectivity index (χ4n) is 1.65. The molecule has 1 radical (unpaired) electrons. The minimum Gasteiger partial charge on any atom is -0.495 e. The van der Waals surface area contributed by atoms with Crippen LogP contribution in [0.3, 0.4) is 0 Å². The van der Waals surface area contributed by atoms with Gasteiger partial charge < -0.3 is 10.5 Å². The molecule has 2 nitrogen and oxygen atoms in total. The summed E-state index contributed by atoms with van der Waals surface area (Å²) in [7, 11) is 1.62. The summed E-state index contributed by atoms with van der Waals surface area (Å²) >= 11 is 0. The first kappa shape index (κ1) is 10.6. The van der Waals surface area contributed by atoms with E-state index in [-0.39, 0.29) is 0 Å². The maximum absolute atomic E-state index is 5.87. The summed E-state index contributed by atoms with van der Waals surface area (Å²) in [5.74, 6) is 0.705. The van der Waals surface area contributed by atoms with E-state index in [4.69, 9.17) is 10.5 Å². The summed E-state index contributed by atoms with van der Waals surface area (Å²) in [5, 5.41) is 0. The molecule has 0 unspecified atom stereocenters. The Morgan fingerprint density at radius 1 is 1.19 bits per heavy atom. The lowest BCUT2D eigenvalue weighted by atomic mass is 10.0. The second-order valence-electron chi connectivity index (χ2n) is 3.74. The van der Waals surface area contributed by atoms with E-state index < -0.39 is 0 Å². The lowest BCUT2D eigenvalue weighted by molar-refractivity contribution is 0.417. The van der Waals surface area contributed by atoms with E-state index >= 15 is 0 Å². The van der Waals surface area contributed by atoms with Gasteiger partial charge in [-0.2, -0.15) is 0 Å². The van der Waals surface area contributed by atoms with Crippen molar-refractivity contribution in [2.45, 2.75) is 6.92 Å². The fraction of sp³-hybridized carbons (Fsp3) is 0.143. The van der Waals surface area contributed by atoms with E-state index in [1.165, 1.54) is 5.56 Å². The molecule has 0 saturated carbocycles. The Morgan fingerprint density at radius 3 is 2.62 bits per heavy atom. The number of nitrogens with two attached hydrogens (primary N) is 1. The van der Waals surface area contributed by atoms with Crippen LogP contribution in [0.1, 0.15) is 5.56 Å². The van der Waals surface area contributed by atoms with Crippen LogP contribution in [0.25, 0.3) is 11.1 Å². The third-order valence-corrected chi connectivity index (χ3v) is 2.50. The number of hydrogen-bond acceptors (Lipinski definition) is 2. The van der Waals surface area contributed by atoms with Gasteiger partial charge in [-0.25, -0.2) is 0 Å². The lowest BCUT2D eigenvalue weighted by Crippen LogP contribution is -1.92. The minimum absolute atomic E-state index is 0.648. The van der Waals surface area contributed by atoms with Gasteiger partial charge in [0.2, 0.25) is 0 Å². The van der Waals surface area contributed by atoms with Gasteiger partial charge in [0.1, 0.15) is 5.75 Å². The molecule has 0 heterocycles. The van der Waals surface area contributed by atoms with Crippen molar-refractivity contribution in [1.29, 1.82) is 0 Å². The number of rotatable bonds is 2. The van der Waals surface area contributed by atoms with Gasteiger partial charge in [-0.05, 0) is 36.2 Å². The highest BCUT2D eigenvalue weighted by atomic mass is 16.5. The molecule has 2 heteroatoms. The SMILES string of the molecule is COc1ccc(-c2[c]ccc(C)c2)cc1N. The molecule has 0 spiro atoms. The minimum atomic E-state index is 0.648. The van der Waals surface area contributed by atoms with Crippen molar-refractivity contribution >= 4 is 5.69 Å². The van der Waals surface area contributed by atoms with Gasteiger partial charge in [-0.1, -0.05) is 29.8 Å². The van der Waals surface area contributed by atoms with Gasteiger partial charge in [0, 0.05) is 0 Å². The van der Waals surface area contributed by atoms with E-state index in [9.17, 15) is 0 Å². The lowest BCUT2D eigenvalue weighted by Gasteiger charge is -2.07. The van der Waals surface area contributed by atoms with Crippen LogP contribution in [0, 0.1) is 13.0 Å². The molecule has 2 rings (SSSR count). The first-order valence-electron chi connectivity index (χ1n) is 5.13. The summed E-state index contributed by atoms with van der Waals surface area (Å²) < 4.78 is 5.12. The van der Waals surface area contributed by atoms with Gasteiger partial charge in [0.15, 0.2) is 0 Å².